The summed E-state index contributed by atoms with van der Waals surface area (Å²) in [5.74, 6) is 0.727. The summed E-state index contributed by atoms with van der Waals surface area (Å²) in [4.78, 5) is 6.31. The third kappa shape index (κ3) is 2.94. The topological polar surface area (TPSA) is 38.9 Å². The van der Waals surface area contributed by atoms with Gasteiger partial charge < -0.3 is 5.73 Å². The predicted molar refractivity (Wildman–Crippen MR) is 79.4 cm³/mol. The standard InChI is InChI=1S/C15H26N2S/c1-11-13(15(2,3)9-10-16)18-14(17-11)12-7-5-4-6-8-12/h12H,4-10,16H2,1-3H3. The lowest BCUT2D eigenvalue weighted by molar-refractivity contribution is 0.442. The first kappa shape index (κ1) is 14.0. The highest BCUT2D eigenvalue weighted by Gasteiger charge is 2.27. The lowest BCUT2D eigenvalue weighted by atomic mass is 9.87. The quantitative estimate of drug-likeness (QED) is 0.890. The molecule has 2 N–H and O–H groups in total. The number of nitrogens with two attached hydrogens (primary N) is 1. The van der Waals surface area contributed by atoms with Gasteiger partial charge in [0.15, 0.2) is 0 Å². The van der Waals surface area contributed by atoms with Crippen LogP contribution in [-0.4, -0.2) is 11.5 Å². The number of thiazole rings is 1. The summed E-state index contributed by atoms with van der Waals surface area (Å²) in [6, 6.07) is 0. The van der Waals surface area contributed by atoms with Crippen LogP contribution in [0.25, 0.3) is 0 Å². The van der Waals surface area contributed by atoms with Gasteiger partial charge in [-0.25, -0.2) is 4.98 Å². The average molecular weight is 266 g/mol. The number of aromatic nitrogens is 1. The minimum absolute atomic E-state index is 0.184. The van der Waals surface area contributed by atoms with Crippen molar-refractivity contribution >= 4 is 11.3 Å². The molecule has 102 valence electrons. The molecule has 1 fully saturated rings. The van der Waals surface area contributed by atoms with Crippen molar-refractivity contribution < 1.29 is 0 Å². The SMILES string of the molecule is Cc1nc(C2CCCCC2)sc1C(C)(C)CCN. The molecule has 1 aromatic heterocycles. The first-order valence-corrected chi connectivity index (χ1v) is 8.04. The van der Waals surface area contributed by atoms with Crippen LogP contribution < -0.4 is 5.73 Å². The summed E-state index contributed by atoms with van der Waals surface area (Å²) in [5, 5.41) is 1.38. The zero-order valence-electron chi connectivity index (χ0n) is 12.0. The third-order valence-corrected chi connectivity index (χ3v) is 5.84. The van der Waals surface area contributed by atoms with Crippen LogP contribution in [0.4, 0.5) is 0 Å². The maximum Gasteiger partial charge on any atom is 0.0962 e. The molecule has 1 saturated carbocycles. The van der Waals surface area contributed by atoms with E-state index in [0.29, 0.717) is 0 Å². The van der Waals surface area contributed by atoms with Crippen molar-refractivity contribution in [2.75, 3.05) is 6.54 Å². The van der Waals surface area contributed by atoms with Gasteiger partial charge in [-0.3, -0.25) is 0 Å². The fourth-order valence-electron chi connectivity index (χ4n) is 3.04. The first-order chi connectivity index (χ1) is 8.54. The van der Waals surface area contributed by atoms with E-state index in [4.69, 9.17) is 10.7 Å². The highest BCUT2D eigenvalue weighted by molar-refractivity contribution is 7.12. The number of hydrogen-bond donors (Lipinski definition) is 1. The molecule has 3 heteroatoms. The Kier molecular flexibility index (Phi) is 4.44. The van der Waals surface area contributed by atoms with E-state index in [-0.39, 0.29) is 5.41 Å². The van der Waals surface area contributed by atoms with Gasteiger partial charge >= 0.3 is 0 Å². The molecule has 0 aliphatic heterocycles. The molecule has 2 nitrogen and oxygen atoms in total. The fourth-order valence-corrected chi connectivity index (χ4v) is 4.41. The van der Waals surface area contributed by atoms with Crippen LogP contribution in [-0.2, 0) is 5.41 Å². The first-order valence-electron chi connectivity index (χ1n) is 7.22. The Morgan fingerprint density at radius 3 is 2.56 bits per heavy atom. The predicted octanol–water partition coefficient (Wildman–Crippen LogP) is 4.13. The van der Waals surface area contributed by atoms with Crippen molar-refractivity contribution in [3.63, 3.8) is 0 Å². The molecule has 1 aromatic rings. The molecule has 1 aliphatic rings. The molecule has 0 spiro atoms. The summed E-state index contributed by atoms with van der Waals surface area (Å²) in [7, 11) is 0. The molecule has 1 aliphatic carbocycles. The van der Waals surface area contributed by atoms with E-state index in [1.807, 2.05) is 11.3 Å². The molecule has 0 bridgehead atoms. The van der Waals surface area contributed by atoms with Crippen LogP contribution >= 0.6 is 11.3 Å². The van der Waals surface area contributed by atoms with Crippen molar-refractivity contribution in [1.29, 1.82) is 0 Å². The van der Waals surface area contributed by atoms with Gasteiger partial charge in [0.2, 0.25) is 0 Å². The summed E-state index contributed by atoms with van der Waals surface area (Å²) >= 11 is 1.95. The van der Waals surface area contributed by atoms with Crippen LogP contribution in [0, 0.1) is 6.92 Å². The normalized spacial score (nSPS) is 18.2. The van der Waals surface area contributed by atoms with Gasteiger partial charge in [0.05, 0.1) is 10.7 Å². The van der Waals surface area contributed by atoms with Gasteiger partial charge in [0.1, 0.15) is 0 Å². The fraction of sp³-hybridized carbons (Fsp3) is 0.800. The van der Waals surface area contributed by atoms with E-state index in [1.165, 1.54) is 47.7 Å². The van der Waals surface area contributed by atoms with Gasteiger partial charge in [-0.15, -0.1) is 11.3 Å². The zero-order chi connectivity index (χ0) is 13.2. The van der Waals surface area contributed by atoms with E-state index in [2.05, 4.69) is 20.8 Å². The number of hydrogen-bond acceptors (Lipinski definition) is 3. The molecular formula is C15H26N2S. The Bertz CT molecular complexity index is 389. The smallest absolute Gasteiger partial charge is 0.0962 e. The van der Waals surface area contributed by atoms with Crippen LogP contribution in [0.2, 0.25) is 0 Å². The Morgan fingerprint density at radius 2 is 1.94 bits per heavy atom. The van der Waals surface area contributed by atoms with E-state index in [0.717, 1.165) is 18.9 Å². The summed E-state index contributed by atoms with van der Waals surface area (Å²) < 4.78 is 0. The van der Waals surface area contributed by atoms with Crippen molar-refractivity contribution in [1.82, 2.24) is 4.98 Å². The Balaban J connectivity index is 2.20. The summed E-state index contributed by atoms with van der Waals surface area (Å²) in [6.45, 7) is 7.51. The maximum absolute atomic E-state index is 5.74. The van der Waals surface area contributed by atoms with Gasteiger partial charge in [0.25, 0.3) is 0 Å². The van der Waals surface area contributed by atoms with Gasteiger partial charge in [-0.1, -0.05) is 33.1 Å². The zero-order valence-corrected chi connectivity index (χ0v) is 12.8. The highest BCUT2D eigenvalue weighted by Crippen LogP contribution is 2.40. The number of aryl methyl sites for hydroxylation is 1. The molecule has 0 radical (unpaired) electrons. The monoisotopic (exact) mass is 266 g/mol. The van der Waals surface area contributed by atoms with Crippen molar-refractivity contribution in [3.05, 3.63) is 15.6 Å². The minimum atomic E-state index is 0.184. The van der Waals surface area contributed by atoms with Crippen LogP contribution in [0.1, 0.15) is 73.9 Å². The largest absolute Gasteiger partial charge is 0.330 e. The van der Waals surface area contributed by atoms with E-state index < -0.39 is 0 Å². The molecule has 2 rings (SSSR count). The average Bonchev–Trinajstić information content (AvgIpc) is 2.73. The second-order valence-electron chi connectivity index (χ2n) is 6.22. The lowest BCUT2D eigenvalue weighted by Crippen LogP contribution is -2.21. The van der Waals surface area contributed by atoms with Crippen LogP contribution in [0.15, 0.2) is 0 Å². The molecule has 0 aromatic carbocycles. The lowest BCUT2D eigenvalue weighted by Gasteiger charge is -2.23. The molecule has 0 amide bonds. The van der Waals surface area contributed by atoms with Gasteiger partial charge in [-0.2, -0.15) is 0 Å². The third-order valence-electron chi connectivity index (χ3n) is 4.15. The maximum atomic E-state index is 5.74. The van der Waals surface area contributed by atoms with E-state index in [1.54, 1.807) is 0 Å². The Hall–Kier alpha value is -0.410. The molecule has 0 atom stereocenters. The number of rotatable bonds is 4. The molecule has 0 unspecified atom stereocenters. The van der Waals surface area contributed by atoms with Gasteiger partial charge in [0, 0.05) is 16.2 Å². The van der Waals surface area contributed by atoms with Crippen LogP contribution in [0.5, 0.6) is 0 Å². The van der Waals surface area contributed by atoms with Gasteiger partial charge in [-0.05, 0) is 32.7 Å². The molecule has 0 saturated heterocycles. The highest BCUT2D eigenvalue weighted by atomic mass is 32.1. The molecule has 1 heterocycles. The van der Waals surface area contributed by atoms with Crippen LogP contribution in [0.3, 0.4) is 0 Å². The summed E-state index contributed by atoms with van der Waals surface area (Å²) in [5.41, 5.74) is 7.16. The van der Waals surface area contributed by atoms with Crippen molar-refractivity contribution in [3.8, 4) is 0 Å². The molecule has 18 heavy (non-hydrogen) atoms. The van der Waals surface area contributed by atoms with Crippen molar-refractivity contribution in [2.24, 2.45) is 5.73 Å². The summed E-state index contributed by atoms with van der Waals surface area (Å²) in [6.07, 6.45) is 7.88. The molecular weight excluding hydrogens is 240 g/mol. The second-order valence-corrected chi connectivity index (χ2v) is 7.25. The van der Waals surface area contributed by atoms with E-state index in [9.17, 15) is 0 Å². The Morgan fingerprint density at radius 1 is 1.28 bits per heavy atom. The minimum Gasteiger partial charge on any atom is -0.330 e. The second kappa shape index (κ2) is 5.70. The van der Waals surface area contributed by atoms with E-state index >= 15 is 0 Å². The number of nitrogens with zero attached hydrogens (tertiary/aromatic N) is 1. The Labute approximate surface area is 115 Å². The van der Waals surface area contributed by atoms with Crippen molar-refractivity contribution in [2.45, 2.75) is 70.6 Å².